The summed E-state index contributed by atoms with van der Waals surface area (Å²) >= 11 is 0. The SMILES string of the molecule is CC(=O)NC[C@H]1CN(c2cc(F)c(-c3ccc(C=NOC(=O)Nc4ccc(F)cc4)c(F)c3)c(F)c2)C(=O)O1. The van der Waals surface area contributed by atoms with Crippen LogP contribution in [0.2, 0.25) is 0 Å². The Labute approximate surface area is 219 Å². The zero-order valence-corrected chi connectivity index (χ0v) is 20.2. The van der Waals surface area contributed by atoms with Crippen LogP contribution >= 0.6 is 0 Å². The number of anilines is 2. The fourth-order valence-electron chi connectivity index (χ4n) is 3.68. The third-order valence-electron chi connectivity index (χ3n) is 5.50. The number of carbonyl (C=O) groups excluding carboxylic acids is 3. The van der Waals surface area contributed by atoms with E-state index < -0.39 is 47.1 Å². The largest absolute Gasteiger partial charge is 0.442 e. The predicted molar refractivity (Wildman–Crippen MR) is 132 cm³/mol. The van der Waals surface area contributed by atoms with Crippen molar-refractivity contribution in [3.8, 4) is 11.1 Å². The fraction of sp³-hybridized carbons (Fsp3) is 0.154. The maximum absolute atomic E-state index is 14.9. The second kappa shape index (κ2) is 11.6. The summed E-state index contributed by atoms with van der Waals surface area (Å²) < 4.78 is 62.5. The van der Waals surface area contributed by atoms with Crippen LogP contribution in [0.5, 0.6) is 0 Å². The molecule has 4 rings (SSSR count). The molecule has 0 radical (unpaired) electrons. The van der Waals surface area contributed by atoms with Crippen LogP contribution in [0.4, 0.5) is 38.5 Å². The van der Waals surface area contributed by atoms with Crippen molar-refractivity contribution in [1.29, 1.82) is 0 Å². The second-order valence-electron chi connectivity index (χ2n) is 8.32. The van der Waals surface area contributed by atoms with Gasteiger partial charge in [-0.2, -0.15) is 0 Å². The number of cyclic esters (lactones) is 1. The topological polar surface area (TPSA) is 109 Å². The van der Waals surface area contributed by atoms with E-state index >= 15 is 0 Å². The van der Waals surface area contributed by atoms with Gasteiger partial charge in [-0.05, 0) is 54.1 Å². The molecule has 13 heteroatoms. The Morgan fingerprint density at radius 1 is 1.05 bits per heavy atom. The highest BCUT2D eigenvalue weighted by molar-refractivity contribution is 5.90. The molecule has 1 saturated heterocycles. The van der Waals surface area contributed by atoms with E-state index in [0.29, 0.717) is 0 Å². The van der Waals surface area contributed by atoms with Crippen LogP contribution in [0.25, 0.3) is 11.1 Å². The molecule has 0 saturated carbocycles. The number of rotatable bonds is 7. The van der Waals surface area contributed by atoms with Crippen molar-refractivity contribution in [3.63, 3.8) is 0 Å². The Morgan fingerprint density at radius 3 is 2.38 bits per heavy atom. The maximum atomic E-state index is 14.9. The predicted octanol–water partition coefficient (Wildman–Crippen LogP) is 4.95. The van der Waals surface area contributed by atoms with Gasteiger partial charge in [0.15, 0.2) is 0 Å². The van der Waals surface area contributed by atoms with E-state index in [9.17, 15) is 31.9 Å². The van der Waals surface area contributed by atoms with Gasteiger partial charge in [-0.25, -0.2) is 27.2 Å². The number of hydrogen-bond donors (Lipinski definition) is 2. The van der Waals surface area contributed by atoms with Gasteiger partial charge in [-0.15, -0.1) is 0 Å². The molecule has 0 aromatic heterocycles. The quantitative estimate of drug-likeness (QED) is 0.189. The van der Waals surface area contributed by atoms with Crippen molar-refractivity contribution in [2.24, 2.45) is 5.16 Å². The second-order valence-corrected chi connectivity index (χ2v) is 8.32. The van der Waals surface area contributed by atoms with Gasteiger partial charge in [-0.3, -0.25) is 19.8 Å². The van der Waals surface area contributed by atoms with Gasteiger partial charge in [-0.1, -0.05) is 11.2 Å². The monoisotopic (exact) mass is 544 g/mol. The van der Waals surface area contributed by atoms with Crippen LogP contribution in [-0.2, 0) is 14.4 Å². The average Bonchev–Trinajstić information content (AvgIpc) is 3.25. The third-order valence-corrected chi connectivity index (χ3v) is 5.50. The number of nitrogens with one attached hydrogen (secondary N) is 2. The molecule has 1 heterocycles. The molecular weight excluding hydrogens is 524 g/mol. The molecular formula is C26H20F4N4O5. The number of oxime groups is 1. The van der Waals surface area contributed by atoms with Crippen LogP contribution in [-0.4, -0.2) is 43.5 Å². The molecule has 3 aromatic rings. The molecule has 3 amide bonds. The van der Waals surface area contributed by atoms with Crippen molar-refractivity contribution in [3.05, 3.63) is 83.4 Å². The summed E-state index contributed by atoms with van der Waals surface area (Å²) in [6.45, 7) is 1.30. The lowest BCUT2D eigenvalue weighted by atomic mass is 10.0. The normalized spacial score (nSPS) is 14.8. The summed E-state index contributed by atoms with van der Waals surface area (Å²) in [6, 6.07) is 9.96. The number of ether oxygens (including phenoxy) is 1. The fourth-order valence-corrected chi connectivity index (χ4v) is 3.68. The minimum atomic E-state index is -1.05. The van der Waals surface area contributed by atoms with Crippen LogP contribution in [0.3, 0.4) is 0 Å². The van der Waals surface area contributed by atoms with Gasteiger partial charge in [0.25, 0.3) is 0 Å². The zero-order chi connectivity index (χ0) is 28.1. The summed E-state index contributed by atoms with van der Waals surface area (Å²) in [5.41, 5.74) is -0.666. The first-order chi connectivity index (χ1) is 18.6. The van der Waals surface area contributed by atoms with Gasteiger partial charge >= 0.3 is 12.2 Å². The van der Waals surface area contributed by atoms with Crippen molar-refractivity contribution in [2.45, 2.75) is 13.0 Å². The number of benzene rings is 3. The maximum Gasteiger partial charge on any atom is 0.437 e. The third kappa shape index (κ3) is 6.69. The molecule has 1 aliphatic rings. The van der Waals surface area contributed by atoms with Crippen LogP contribution in [0.15, 0.2) is 59.8 Å². The molecule has 1 fully saturated rings. The van der Waals surface area contributed by atoms with Crippen molar-refractivity contribution in [2.75, 3.05) is 23.3 Å². The number of carbonyl (C=O) groups is 3. The van der Waals surface area contributed by atoms with E-state index in [4.69, 9.17) is 4.74 Å². The lowest BCUT2D eigenvalue weighted by Gasteiger charge is -2.15. The summed E-state index contributed by atoms with van der Waals surface area (Å²) in [5, 5.41) is 8.16. The highest BCUT2D eigenvalue weighted by Crippen LogP contribution is 2.32. The van der Waals surface area contributed by atoms with Gasteiger partial charge < -0.3 is 10.1 Å². The Bertz CT molecular complexity index is 1430. The summed E-state index contributed by atoms with van der Waals surface area (Å²) in [6.07, 6.45) is -1.66. The molecule has 0 aliphatic carbocycles. The van der Waals surface area contributed by atoms with Crippen molar-refractivity contribution < 1.29 is 41.5 Å². The molecule has 0 unspecified atom stereocenters. The Balaban J connectivity index is 1.43. The first kappa shape index (κ1) is 27.1. The van der Waals surface area contributed by atoms with E-state index in [1.165, 1.54) is 31.2 Å². The summed E-state index contributed by atoms with van der Waals surface area (Å²) in [4.78, 5) is 40.5. The standard InChI is InChI=1S/C26H20F4N4O5/c1-14(35)31-12-20-13-34(26(37)38-20)19-9-22(29)24(23(30)10-19)15-2-3-16(21(28)8-15)11-32-39-25(36)33-18-6-4-17(27)5-7-18/h2-11,20H,12-13H2,1H3,(H,31,35)(H,33,36)/t20-/m0/s1. The first-order valence-electron chi connectivity index (χ1n) is 11.4. The van der Waals surface area contributed by atoms with Gasteiger partial charge in [0.1, 0.15) is 29.4 Å². The lowest BCUT2D eigenvalue weighted by Crippen LogP contribution is -2.33. The van der Waals surface area contributed by atoms with E-state index in [0.717, 1.165) is 41.4 Å². The highest BCUT2D eigenvalue weighted by Gasteiger charge is 2.33. The zero-order valence-electron chi connectivity index (χ0n) is 20.2. The van der Waals surface area contributed by atoms with E-state index in [1.807, 2.05) is 0 Å². The van der Waals surface area contributed by atoms with E-state index in [2.05, 4.69) is 20.6 Å². The molecule has 0 bridgehead atoms. The molecule has 39 heavy (non-hydrogen) atoms. The molecule has 2 N–H and O–H groups in total. The van der Waals surface area contributed by atoms with Gasteiger partial charge in [0.05, 0.1) is 30.6 Å². The smallest absolute Gasteiger partial charge is 0.437 e. The number of nitrogens with zero attached hydrogens (tertiary/aromatic N) is 2. The van der Waals surface area contributed by atoms with Crippen LogP contribution in [0, 0.1) is 23.3 Å². The Hall–Kier alpha value is -4.94. The van der Waals surface area contributed by atoms with Gasteiger partial charge in [0.2, 0.25) is 5.91 Å². The minimum Gasteiger partial charge on any atom is -0.442 e. The molecule has 3 aromatic carbocycles. The average molecular weight is 544 g/mol. The number of amides is 3. The Kier molecular flexibility index (Phi) is 8.08. The summed E-state index contributed by atoms with van der Waals surface area (Å²) in [7, 11) is 0. The van der Waals surface area contributed by atoms with E-state index in [1.54, 1.807) is 0 Å². The van der Waals surface area contributed by atoms with E-state index in [-0.39, 0.29) is 41.5 Å². The minimum absolute atomic E-state index is 0.0377. The first-order valence-corrected chi connectivity index (χ1v) is 11.4. The highest BCUT2D eigenvalue weighted by atomic mass is 19.1. The molecule has 1 atom stereocenters. The van der Waals surface area contributed by atoms with Crippen molar-refractivity contribution >= 4 is 35.7 Å². The lowest BCUT2D eigenvalue weighted by molar-refractivity contribution is -0.119. The van der Waals surface area contributed by atoms with Crippen LogP contribution < -0.4 is 15.5 Å². The number of halogens is 4. The molecule has 0 spiro atoms. The Morgan fingerprint density at radius 2 is 1.74 bits per heavy atom. The molecule has 1 aliphatic heterocycles. The molecule has 9 nitrogen and oxygen atoms in total. The van der Waals surface area contributed by atoms with Crippen molar-refractivity contribution in [1.82, 2.24) is 5.32 Å². The van der Waals surface area contributed by atoms with Gasteiger partial charge in [0, 0.05) is 18.2 Å². The number of hydrogen-bond acceptors (Lipinski definition) is 6. The summed E-state index contributed by atoms with van der Waals surface area (Å²) in [5.74, 6) is -3.83. The van der Waals surface area contributed by atoms with Crippen LogP contribution in [0.1, 0.15) is 12.5 Å². The molecule has 202 valence electrons.